The Balaban J connectivity index is 1.71. The van der Waals surface area contributed by atoms with E-state index in [9.17, 15) is 14.7 Å². The van der Waals surface area contributed by atoms with Gasteiger partial charge in [0.1, 0.15) is 5.76 Å². The smallest absolute Gasteiger partial charge is 0.300 e. The number of anilines is 1. The van der Waals surface area contributed by atoms with Crippen molar-refractivity contribution < 1.29 is 24.2 Å². The molecule has 1 N–H and O–H groups in total. The number of ketones is 1. The van der Waals surface area contributed by atoms with E-state index >= 15 is 0 Å². The van der Waals surface area contributed by atoms with Gasteiger partial charge in [0.25, 0.3) is 11.7 Å². The number of amides is 1. The second-order valence-electron chi connectivity index (χ2n) is 6.85. The van der Waals surface area contributed by atoms with Crippen molar-refractivity contribution in [2.24, 2.45) is 0 Å². The average molecular weight is 400 g/mol. The van der Waals surface area contributed by atoms with Crippen LogP contribution in [0.1, 0.15) is 17.2 Å². The summed E-state index contributed by atoms with van der Waals surface area (Å²) in [7, 11) is 0. The molecular weight excluding hydrogens is 384 g/mol. The number of ether oxygens (including phenoxy) is 2. The van der Waals surface area contributed by atoms with Gasteiger partial charge >= 0.3 is 0 Å². The second kappa shape index (κ2) is 7.04. The molecule has 1 unspecified atom stereocenters. The summed E-state index contributed by atoms with van der Waals surface area (Å²) in [6, 6.07) is 16.4. The maximum absolute atomic E-state index is 13.1. The highest BCUT2D eigenvalue weighted by Crippen LogP contribution is 2.44. The molecule has 0 aliphatic carbocycles. The van der Waals surface area contributed by atoms with Crippen molar-refractivity contribution in [1.29, 1.82) is 0 Å². The molecule has 1 aromatic heterocycles. The maximum atomic E-state index is 13.1. The number of carbonyl (C=O) groups excluding carboxylic acids is 2. The van der Waals surface area contributed by atoms with Crippen molar-refractivity contribution in [2.45, 2.75) is 6.04 Å². The first-order chi connectivity index (χ1) is 14.6. The molecule has 30 heavy (non-hydrogen) atoms. The standard InChI is InChI=1S/C23H16N2O5/c26-21(15-4-2-1-3-5-15)19-20(14-8-10-24-11-9-14)25(23(28)22(19)27)16-6-7-17-18(12-16)30-13-29-17/h1-12,20,26H,13H2/b21-19+. The molecule has 148 valence electrons. The monoisotopic (exact) mass is 400 g/mol. The lowest BCUT2D eigenvalue weighted by atomic mass is 9.96. The third-order valence-corrected chi connectivity index (χ3v) is 5.15. The highest BCUT2D eigenvalue weighted by atomic mass is 16.7. The quantitative estimate of drug-likeness (QED) is 0.412. The average Bonchev–Trinajstić information content (AvgIpc) is 3.36. The van der Waals surface area contributed by atoms with E-state index in [4.69, 9.17) is 9.47 Å². The maximum Gasteiger partial charge on any atom is 0.300 e. The topological polar surface area (TPSA) is 89.0 Å². The largest absolute Gasteiger partial charge is 0.507 e. The summed E-state index contributed by atoms with van der Waals surface area (Å²) in [6.07, 6.45) is 3.16. The summed E-state index contributed by atoms with van der Waals surface area (Å²) in [5, 5.41) is 11.0. The highest BCUT2D eigenvalue weighted by molar-refractivity contribution is 6.51. The van der Waals surface area contributed by atoms with Crippen LogP contribution in [0.4, 0.5) is 5.69 Å². The van der Waals surface area contributed by atoms with Crippen LogP contribution < -0.4 is 14.4 Å². The van der Waals surface area contributed by atoms with Gasteiger partial charge in [-0.2, -0.15) is 0 Å². The van der Waals surface area contributed by atoms with Crippen LogP contribution in [0, 0.1) is 0 Å². The SMILES string of the molecule is O=C1C(=O)N(c2ccc3c(c2)OCO3)C(c2ccncc2)/C1=C(\O)c1ccccc1. The van der Waals surface area contributed by atoms with Crippen molar-refractivity contribution in [2.75, 3.05) is 11.7 Å². The zero-order chi connectivity index (χ0) is 20.7. The summed E-state index contributed by atoms with van der Waals surface area (Å²) in [4.78, 5) is 31.5. The van der Waals surface area contributed by atoms with Gasteiger partial charge in [-0.15, -0.1) is 0 Å². The molecule has 0 radical (unpaired) electrons. The number of Topliss-reactive ketones (excluding diaryl/α,β-unsaturated/α-hetero) is 1. The Labute approximate surface area is 171 Å². The first-order valence-electron chi connectivity index (χ1n) is 9.31. The fourth-order valence-electron chi connectivity index (χ4n) is 3.75. The zero-order valence-electron chi connectivity index (χ0n) is 15.7. The Hall–Kier alpha value is -4.13. The number of benzene rings is 2. The fraction of sp³-hybridized carbons (Fsp3) is 0.0870. The zero-order valence-corrected chi connectivity index (χ0v) is 15.7. The van der Waals surface area contributed by atoms with Crippen LogP contribution in [0.3, 0.4) is 0 Å². The van der Waals surface area contributed by atoms with Crippen LogP contribution in [0.15, 0.2) is 78.6 Å². The van der Waals surface area contributed by atoms with Crippen molar-refractivity contribution in [1.82, 2.24) is 4.98 Å². The second-order valence-corrected chi connectivity index (χ2v) is 6.85. The van der Waals surface area contributed by atoms with E-state index in [2.05, 4.69) is 4.98 Å². The van der Waals surface area contributed by atoms with Crippen LogP contribution in [0.25, 0.3) is 5.76 Å². The van der Waals surface area contributed by atoms with E-state index < -0.39 is 17.7 Å². The van der Waals surface area contributed by atoms with Crippen LogP contribution in [-0.4, -0.2) is 28.6 Å². The molecule has 0 saturated carbocycles. The Bertz CT molecular complexity index is 1170. The number of rotatable bonds is 3. The minimum absolute atomic E-state index is 0.0232. The summed E-state index contributed by atoms with van der Waals surface area (Å²) in [6.45, 7) is 0.0966. The Kier molecular flexibility index (Phi) is 4.21. The molecule has 3 heterocycles. The van der Waals surface area contributed by atoms with Gasteiger partial charge in [-0.25, -0.2) is 0 Å². The van der Waals surface area contributed by atoms with E-state index in [0.717, 1.165) is 0 Å². The Morgan fingerprint density at radius 3 is 2.47 bits per heavy atom. The summed E-state index contributed by atoms with van der Waals surface area (Å²) in [5.41, 5.74) is 1.60. The van der Waals surface area contributed by atoms with E-state index in [1.54, 1.807) is 67.0 Å². The molecule has 1 fully saturated rings. The predicted molar refractivity (Wildman–Crippen MR) is 108 cm³/mol. The highest BCUT2D eigenvalue weighted by Gasteiger charge is 2.47. The fourth-order valence-corrected chi connectivity index (χ4v) is 3.75. The van der Waals surface area contributed by atoms with Crippen LogP contribution in [0.5, 0.6) is 11.5 Å². The third kappa shape index (κ3) is 2.79. The number of carbonyl (C=O) groups is 2. The molecule has 5 rings (SSSR count). The van der Waals surface area contributed by atoms with Gasteiger partial charge < -0.3 is 14.6 Å². The summed E-state index contributed by atoms with van der Waals surface area (Å²) < 4.78 is 10.8. The number of aliphatic hydroxyl groups is 1. The third-order valence-electron chi connectivity index (χ3n) is 5.15. The number of aliphatic hydroxyl groups excluding tert-OH is 1. The lowest BCUT2D eigenvalue weighted by Crippen LogP contribution is -2.29. The van der Waals surface area contributed by atoms with Gasteiger partial charge in [0.05, 0.1) is 11.6 Å². The number of hydrogen-bond acceptors (Lipinski definition) is 6. The van der Waals surface area contributed by atoms with Gasteiger partial charge in [0, 0.05) is 29.7 Å². The van der Waals surface area contributed by atoms with E-state index in [1.165, 1.54) is 4.90 Å². The molecule has 2 aliphatic rings. The Morgan fingerprint density at radius 1 is 0.967 bits per heavy atom. The molecule has 3 aromatic rings. The molecule has 1 saturated heterocycles. The molecule has 0 bridgehead atoms. The van der Waals surface area contributed by atoms with Crippen molar-refractivity contribution in [3.8, 4) is 11.5 Å². The van der Waals surface area contributed by atoms with Crippen molar-refractivity contribution >= 4 is 23.1 Å². The lowest BCUT2D eigenvalue weighted by Gasteiger charge is -2.25. The van der Waals surface area contributed by atoms with Gasteiger partial charge in [0.2, 0.25) is 6.79 Å². The van der Waals surface area contributed by atoms with Gasteiger partial charge in [-0.05, 0) is 29.8 Å². The molecule has 7 nitrogen and oxygen atoms in total. The van der Waals surface area contributed by atoms with E-state index in [0.29, 0.717) is 28.3 Å². The molecular formula is C23H16N2O5. The van der Waals surface area contributed by atoms with Gasteiger partial charge in [-0.3, -0.25) is 19.5 Å². The Morgan fingerprint density at radius 2 is 1.70 bits per heavy atom. The van der Waals surface area contributed by atoms with Crippen LogP contribution in [-0.2, 0) is 9.59 Å². The molecule has 2 aliphatic heterocycles. The lowest BCUT2D eigenvalue weighted by molar-refractivity contribution is -0.132. The van der Waals surface area contributed by atoms with Crippen molar-refractivity contribution in [3.05, 3.63) is 89.8 Å². The first-order valence-corrected chi connectivity index (χ1v) is 9.31. The van der Waals surface area contributed by atoms with Crippen LogP contribution >= 0.6 is 0 Å². The number of hydrogen-bond donors (Lipinski definition) is 1. The minimum atomic E-state index is -0.812. The van der Waals surface area contributed by atoms with E-state index in [-0.39, 0.29) is 18.1 Å². The molecule has 0 spiro atoms. The predicted octanol–water partition coefficient (Wildman–Crippen LogP) is 3.44. The summed E-state index contributed by atoms with van der Waals surface area (Å²) >= 11 is 0. The number of aromatic nitrogens is 1. The number of nitrogens with zero attached hydrogens (tertiary/aromatic N) is 2. The van der Waals surface area contributed by atoms with E-state index in [1.807, 2.05) is 6.07 Å². The molecule has 2 aromatic carbocycles. The molecule has 1 atom stereocenters. The van der Waals surface area contributed by atoms with Gasteiger partial charge in [-0.1, -0.05) is 30.3 Å². The minimum Gasteiger partial charge on any atom is -0.507 e. The van der Waals surface area contributed by atoms with Gasteiger partial charge in [0.15, 0.2) is 11.5 Å². The first kappa shape index (κ1) is 17.9. The van der Waals surface area contributed by atoms with Crippen molar-refractivity contribution in [3.63, 3.8) is 0 Å². The summed E-state index contributed by atoms with van der Waals surface area (Å²) in [5.74, 6) is -0.644. The number of pyridine rings is 1. The molecule has 1 amide bonds. The number of fused-ring (bicyclic) bond motifs is 1. The van der Waals surface area contributed by atoms with Crippen LogP contribution in [0.2, 0.25) is 0 Å². The molecule has 7 heteroatoms. The normalized spacial score (nSPS) is 19.3.